The molecule has 2 rings (SSSR count). The minimum absolute atomic E-state index is 0.218. The van der Waals surface area contributed by atoms with Crippen LogP contribution in [0, 0.1) is 6.92 Å². The average molecular weight is 235 g/mol. The quantitative estimate of drug-likeness (QED) is 0.882. The predicted molar refractivity (Wildman–Crippen MR) is 63.7 cm³/mol. The molecule has 0 spiro atoms. The van der Waals surface area contributed by atoms with Gasteiger partial charge in [0.1, 0.15) is 0 Å². The van der Waals surface area contributed by atoms with Gasteiger partial charge >= 0.3 is 0 Å². The van der Waals surface area contributed by atoms with Crippen molar-refractivity contribution in [2.45, 2.75) is 13.0 Å². The minimum Gasteiger partial charge on any atom is -0.480 e. The fourth-order valence-electron chi connectivity index (χ4n) is 1.48. The maximum Gasteiger partial charge on any atom is 0.233 e. The lowest BCUT2D eigenvalue weighted by Gasteiger charge is -2.10. The summed E-state index contributed by atoms with van der Waals surface area (Å²) in [4.78, 5) is 1.21. The van der Waals surface area contributed by atoms with E-state index < -0.39 is 0 Å². The Morgan fingerprint density at radius 1 is 1.31 bits per heavy atom. The number of rotatable bonds is 3. The van der Waals surface area contributed by atoms with Crippen molar-refractivity contribution >= 4 is 11.3 Å². The Bertz CT molecular complexity index is 466. The summed E-state index contributed by atoms with van der Waals surface area (Å²) in [5, 5.41) is 9.99. The lowest BCUT2D eigenvalue weighted by atomic mass is 10.1. The third-order valence-electron chi connectivity index (χ3n) is 2.42. The summed E-state index contributed by atoms with van der Waals surface area (Å²) in [6, 6.07) is 5.42. The fourth-order valence-corrected chi connectivity index (χ4v) is 2.23. The molecule has 1 unspecified atom stereocenters. The highest BCUT2D eigenvalue weighted by atomic mass is 32.1. The normalized spacial score (nSPS) is 12.4. The van der Waals surface area contributed by atoms with Crippen molar-refractivity contribution in [3.63, 3.8) is 0 Å². The van der Waals surface area contributed by atoms with E-state index in [-0.39, 0.29) is 6.04 Å². The van der Waals surface area contributed by atoms with Crippen molar-refractivity contribution in [1.29, 1.82) is 0 Å². The molecule has 2 N–H and O–H groups in total. The molecule has 0 aliphatic heterocycles. The van der Waals surface area contributed by atoms with E-state index in [1.54, 1.807) is 24.5 Å². The van der Waals surface area contributed by atoms with E-state index in [0.717, 1.165) is 11.3 Å². The number of thiophene rings is 1. The van der Waals surface area contributed by atoms with E-state index in [0.29, 0.717) is 5.88 Å². The highest BCUT2D eigenvalue weighted by Crippen LogP contribution is 2.25. The van der Waals surface area contributed by atoms with Crippen LogP contribution in [0.15, 0.2) is 23.6 Å². The molecule has 0 aliphatic carbocycles. The highest BCUT2D eigenvalue weighted by Gasteiger charge is 2.14. The van der Waals surface area contributed by atoms with E-state index in [9.17, 15) is 0 Å². The van der Waals surface area contributed by atoms with Crippen molar-refractivity contribution in [2.24, 2.45) is 5.73 Å². The Kier molecular flexibility index (Phi) is 3.17. The lowest BCUT2D eigenvalue weighted by molar-refractivity contribution is 0.390. The van der Waals surface area contributed by atoms with Crippen LogP contribution in [0.2, 0.25) is 0 Å². The van der Waals surface area contributed by atoms with E-state index >= 15 is 0 Å². The summed E-state index contributed by atoms with van der Waals surface area (Å²) in [7, 11) is 1.56. The first kappa shape index (κ1) is 11.0. The van der Waals surface area contributed by atoms with E-state index in [1.165, 1.54) is 4.88 Å². The number of nitrogens with two attached hydrogens (primary N) is 1. The van der Waals surface area contributed by atoms with Gasteiger partial charge in [0.2, 0.25) is 5.88 Å². The standard InChI is InChI=1S/C11H13N3OS/c1-7-8(5-6-16-7)11(12)9-3-4-10(15-2)14-13-9/h3-6,11H,12H2,1-2H3. The molecule has 0 amide bonds. The molecule has 0 aromatic carbocycles. The second-order valence-corrected chi connectivity index (χ2v) is 4.53. The predicted octanol–water partition coefficient (Wildman–Crippen LogP) is 1.90. The monoisotopic (exact) mass is 235 g/mol. The molecule has 4 nitrogen and oxygen atoms in total. The molecule has 1 atom stereocenters. The molecule has 0 aliphatic rings. The SMILES string of the molecule is COc1ccc(C(N)c2ccsc2C)nn1. The Morgan fingerprint density at radius 3 is 2.62 bits per heavy atom. The van der Waals surface area contributed by atoms with Crippen LogP contribution in [0.25, 0.3) is 0 Å². The number of hydrogen-bond acceptors (Lipinski definition) is 5. The van der Waals surface area contributed by atoms with Crippen LogP contribution >= 0.6 is 11.3 Å². The van der Waals surface area contributed by atoms with Gasteiger partial charge < -0.3 is 10.5 Å². The van der Waals surface area contributed by atoms with Crippen LogP contribution in [0.4, 0.5) is 0 Å². The van der Waals surface area contributed by atoms with Crippen LogP contribution in [-0.2, 0) is 0 Å². The Labute approximate surface area is 98.1 Å². The summed E-state index contributed by atoms with van der Waals surface area (Å²) in [6.45, 7) is 2.05. The second kappa shape index (κ2) is 4.59. The van der Waals surface area contributed by atoms with Crippen LogP contribution < -0.4 is 10.5 Å². The molecular formula is C11H13N3OS. The van der Waals surface area contributed by atoms with E-state index in [4.69, 9.17) is 10.5 Å². The number of hydrogen-bond donors (Lipinski definition) is 1. The van der Waals surface area contributed by atoms with Crippen molar-refractivity contribution in [3.8, 4) is 5.88 Å². The Hall–Kier alpha value is -1.46. The van der Waals surface area contributed by atoms with Crippen molar-refractivity contribution in [3.05, 3.63) is 39.7 Å². The Balaban J connectivity index is 2.27. The molecule has 0 radical (unpaired) electrons. The van der Waals surface area contributed by atoms with Gasteiger partial charge in [-0.2, -0.15) is 0 Å². The first-order chi connectivity index (χ1) is 7.72. The highest BCUT2D eigenvalue weighted by molar-refractivity contribution is 7.10. The zero-order valence-electron chi connectivity index (χ0n) is 9.18. The molecule has 0 saturated heterocycles. The van der Waals surface area contributed by atoms with Gasteiger partial charge in [0.25, 0.3) is 0 Å². The summed E-state index contributed by atoms with van der Waals surface area (Å²) in [5.41, 5.74) is 7.97. The summed E-state index contributed by atoms with van der Waals surface area (Å²) in [5.74, 6) is 0.498. The van der Waals surface area contributed by atoms with Gasteiger partial charge in [0, 0.05) is 10.9 Å². The lowest BCUT2D eigenvalue weighted by Crippen LogP contribution is -2.14. The molecule has 0 fully saturated rings. The van der Waals surface area contributed by atoms with Crippen LogP contribution in [0.3, 0.4) is 0 Å². The molecule has 0 saturated carbocycles. The van der Waals surface area contributed by atoms with Gasteiger partial charge in [-0.15, -0.1) is 21.5 Å². The third kappa shape index (κ3) is 2.05. The Morgan fingerprint density at radius 2 is 2.12 bits per heavy atom. The van der Waals surface area contributed by atoms with Crippen LogP contribution in [0.5, 0.6) is 5.88 Å². The maximum absolute atomic E-state index is 6.12. The zero-order chi connectivity index (χ0) is 11.5. The number of aromatic nitrogens is 2. The van der Waals surface area contributed by atoms with E-state index in [2.05, 4.69) is 17.1 Å². The molecule has 2 heterocycles. The maximum atomic E-state index is 6.12. The van der Waals surface area contributed by atoms with E-state index in [1.807, 2.05) is 17.5 Å². The molecular weight excluding hydrogens is 222 g/mol. The molecule has 84 valence electrons. The van der Waals surface area contributed by atoms with Gasteiger partial charge in [0.15, 0.2) is 0 Å². The largest absolute Gasteiger partial charge is 0.480 e. The molecule has 0 bridgehead atoms. The van der Waals surface area contributed by atoms with Crippen LogP contribution in [-0.4, -0.2) is 17.3 Å². The average Bonchev–Trinajstić information content (AvgIpc) is 2.75. The fraction of sp³-hybridized carbons (Fsp3) is 0.273. The number of aryl methyl sites for hydroxylation is 1. The minimum atomic E-state index is -0.218. The molecule has 2 aromatic rings. The van der Waals surface area contributed by atoms with Crippen molar-refractivity contribution in [1.82, 2.24) is 10.2 Å². The smallest absolute Gasteiger partial charge is 0.233 e. The van der Waals surface area contributed by atoms with Crippen molar-refractivity contribution in [2.75, 3.05) is 7.11 Å². The number of ether oxygens (including phenoxy) is 1. The van der Waals surface area contributed by atoms with Gasteiger partial charge in [-0.1, -0.05) is 0 Å². The van der Waals surface area contributed by atoms with Gasteiger partial charge in [-0.25, -0.2) is 0 Å². The topological polar surface area (TPSA) is 61.0 Å². The third-order valence-corrected chi connectivity index (χ3v) is 3.28. The second-order valence-electron chi connectivity index (χ2n) is 3.41. The first-order valence-corrected chi connectivity index (χ1v) is 5.77. The summed E-state index contributed by atoms with van der Waals surface area (Å²) >= 11 is 1.68. The molecule has 16 heavy (non-hydrogen) atoms. The molecule has 5 heteroatoms. The van der Waals surface area contributed by atoms with Crippen LogP contribution in [0.1, 0.15) is 22.2 Å². The van der Waals surface area contributed by atoms with Gasteiger partial charge in [-0.3, -0.25) is 0 Å². The van der Waals surface area contributed by atoms with Gasteiger partial charge in [-0.05, 0) is 30.0 Å². The summed E-state index contributed by atoms with van der Waals surface area (Å²) < 4.78 is 4.95. The van der Waals surface area contributed by atoms with Crippen molar-refractivity contribution < 1.29 is 4.74 Å². The number of methoxy groups -OCH3 is 1. The summed E-state index contributed by atoms with van der Waals surface area (Å²) in [6.07, 6.45) is 0. The first-order valence-electron chi connectivity index (χ1n) is 4.89. The van der Waals surface area contributed by atoms with Gasteiger partial charge in [0.05, 0.1) is 18.8 Å². The zero-order valence-corrected chi connectivity index (χ0v) is 9.99. The molecule has 2 aromatic heterocycles. The number of nitrogens with zero attached hydrogens (tertiary/aromatic N) is 2.